The van der Waals surface area contributed by atoms with E-state index in [0.29, 0.717) is 34.7 Å². The summed E-state index contributed by atoms with van der Waals surface area (Å²) in [5.74, 6) is -1.45. The third-order valence-corrected chi connectivity index (χ3v) is 6.74. The first-order chi connectivity index (χ1) is 22.0. The van der Waals surface area contributed by atoms with Gasteiger partial charge in [0, 0.05) is 36.8 Å². The number of allylic oxidation sites excluding steroid dienone is 1. The molecule has 46 heavy (non-hydrogen) atoms. The highest BCUT2D eigenvalue weighted by molar-refractivity contribution is 6.04. The van der Waals surface area contributed by atoms with E-state index in [4.69, 9.17) is 20.9 Å². The Morgan fingerprint density at radius 1 is 1.09 bits per heavy atom. The van der Waals surface area contributed by atoms with Crippen LogP contribution in [0.3, 0.4) is 0 Å². The number of hydrogen-bond acceptors (Lipinski definition) is 10. The molecular weight excluding hydrogens is 598 g/mol. The van der Waals surface area contributed by atoms with Gasteiger partial charge >= 0.3 is 0 Å². The number of amides is 3. The molecule has 0 aliphatic rings. The molecule has 4 rings (SSSR count). The maximum atomic E-state index is 13.3. The monoisotopic (exact) mass is 631 g/mol. The molecule has 0 unspecified atom stereocenters. The number of hydrogen-bond donors (Lipinski definition) is 4. The molecule has 4 aromatic rings. The van der Waals surface area contributed by atoms with Gasteiger partial charge in [-0.2, -0.15) is 5.10 Å². The number of nitro benzene ring substituents is 1. The molecule has 0 aliphatic heterocycles. The Morgan fingerprint density at radius 2 is 1.78 bits per heavy atom. The van der Waals surface area contributed by atoms with Crippen LogP contribution in [0.4, 0.5) is 17.3 Å². The van der Waals surface area contributed by atoms with Gasteiger partial charge in [-0.05, 0) is 38.1 Å². The number of methoxy groups -OCH3 is 1. The second-order valence-electron chi connectivity index (χ2n) is 9.84. The van der Waals surface area contributed by atoms with Gasteiger partial charge in [0.2, 0.25) is 17.8 Å². The predicted octanol–water partition coefficient (Wildman–Crippen LogP) is 3.16. The summed E-state index contributed by atoms with van der Waals surface area (Å²) in [5, 5.41) is 21.9. The minimum Gasteiger partial charge on any atom is -0.494 e. The Balaban J connectivity index is 1.67. The van der Waals surface area contributed by atoms with Crippen molar-refractivity contribution in [2.24, 2.45) is 11.5 Å². The molecule has 0 atom stereocenters. The van der Waals surface area contributed by atoms with E-state index in [1.54, 1.807) is 34.4 Å². The Kier molecular flexibility index (Phi) is 10.0. The maximum Gasteiger partial charge on any atom is 0.296 e. The van der Waals surface area contributed by atoms with E-state index < -0.39 is 28.3 Å². The normalized spacial score (nSPS) is 11.0. The lowest BCUT2D eigenvalue weighted by Crippen LogP contribution is -2.20. The average molecular weight is 632 g/mol. The van der Waals surface area contributed by atoms with Gasteiger partial charge in [-0.1, -0.05) is 24.8 Å². The fourth-order valence-corrected chi connectivity index (χ4v) is 4.69. The van der Waals surface area contributed by atoms with Crippen molar-refractivity contribution in [3.05, 3.63) is 87.8 Å². The van der Waals surface area contributed by atoms with Crippen molar-refractivity contribution in [3.8, 4) is 11.5 Å². The number of fused-ring (bicyclic) bond motifs is 1. The van der Waals surface area contributed by atoms with E-state index in [-0.39, 0.29) is 48.2 Å². The molecule has 2 aromatic carbocycles. The van der Waals surface area contributed by atoms with Crippen molar-refractivity contribution < 1.29 is 28.8 Å². The summed E-state index contributed by atoms with van der Waals surface area (Å²) in [6, 6.07) is 7.02. The van der Waals surface area contributed by atoms with Gasteiger partial charge in [0.05, 0.1) is 23.2 Å². The lowest BCUT2D eigenvalue weighted by Gasteiger charge is -2.13. The van der Waals surface area contributed by atoms with E-state index in [2.05, 4.69) is 27.3 Å². The van der Waals surface area contributed by atoms with Crippen LogP contribution in [-0.2, 0) is 13.1 Å². The van der Waals surface area contributed by atoms with Gasteiger partial charge in [-0.15, -0.1) is 0 Å². The fraction of sp³-hybridized carbons (Fsp3) is 0.233. The Bertz CT molecular complexity index is 1870. The molecule has 3 amide bonds. The zero-order valence-electron chi connectivity index (χ0n) is 25.4. The summed E-state index contributed by atoms with van der Waals surface area (Å²) in [6.45, 7) is 7.99. The van der Waals surface area contributed by atoms with Crippen molar-refractivity contribution >= 4 is 46.1 Å². The van der Waals surface area contributed by atoms with Crippen LogP contribution in [0.1, 0.15) is 43.8 Å². The Hall–Kier alpha value is -6.19. The molecule has 2 aromatic heterocycles. The number of aryl methyl sites for hydroxylation is 2. The molecule has 0 radical (unpaired) electrons. The number of benzene rings is 2. The number of nitrogens with two attached hydrogens (primary N) is 2. The first-order valence-electron chi connectivity index (χ1n) is 14.0. The topological polar surface area (TPSA) is 225 Å². The van der Waals surface area contributed by atoms with E-state index in [1.807, 2.05) is 6.92 Å². The van der Waals surface area contributed by atoms with Crippen LogP contribution in [0.25, 0.3) is 11.0 Å². The molecule has 2 heterocycles. The summed E-state index contributed by atoms with van der Waals surface area (Å²) in [4.78, 5) is 52.7. The summed E-state index contributed by atoms with van der Waals surface area (Å²) in [7, 11) is 1.43. The number of primary amides is 2. The second-order valence-corrected chi connectivity index (χ2v) is 9.84. The van der Waals surface area contributed by atoms with Gasteiger partial charge in [-0.25, -0.2) is 4.98 Å². The molecule has 0 spiro atoms. The van der Waals surface area contributed by atoms with Crippen LogP contribution < -0.4 is 31.6 Å². The number of anilines is 2. The van der Waals surface area contributed by atoms with Crippen LogP contribution in [0, 0.1) is 17.0 Å². The summed E-state index contributed by atoms with van der Waals surface area (Å²) in [5.41, 5.74) is 12.4. The summed E-state index contributed by atoms with van der Waals surface area (Å²) >= 11 is 0. The third-order valence-electron chi connectivity index (χ3n) is 6.74. The molecule has 6 N–H and O–H groups in total. The average Bonchev–Trinajstić information content (AvgIpc) is 3.58. The smallest absolute Gasteiger partial charge is 0.296 e. The largest absolute Gasteiger partial charge is 0.494 e. The maximum absolute atomic E-state index is 13.3. The van der Waals surface area contributed by atoms with Gasteiger partial charge in [0.15, 0.2) is 11.4 Å². The molecule has 0 aliphatic carbocycles. The molecule has 0 saturated heterocycles. The standard InChI is InChI=1S/C30H33N9O7/c1-5-11-46-23-15-19(28(32)41)14-21(39(43)44)25(23)33-9-7-8-10-37-26-20(13-18(27(31)40)16-24(26)45-4)34-30(37)35-29(42)22-12-17(3)36-38(22)6-2/h5,7-8,12-16,33H,1,6,9-11H2,2-4H3,(H2,31,40)(H2,32,41)(H,34,35,42)/b8-7+. The minimum absolute atomic E-state index is 0.0317. The van der Waals surface area contributed by atoms with E-state index >= 15 is 0 Å². The van der Waals surface area contributed by atoms with Crippen LogP contribution in [-0.4, -0.2) is 62.2 Å². The number of rotatable bonds is 15. The van der Waals surface area contributed by atoms with Gasteiger partial charge in [0.25, 0.3) is 11.6 Å². The van der Waals surface area contributed by atoms with Crippen molar-refractivity contribution in [1.29, 1.82) is 0 Å². The van der Waals surface area contributed by atoms with E-state index in [0.717, 1.165) is 6.07 Å². The first kappa shape index (κ1) is 32.7. The summed E-state index contributed by atoms with van der Waals surface area (Å²) < 4.78 is 14.4. The van der Waals surface area contributed by atoms with Gasteiger partial charge in [0.1, 0.15) is 23.6 Å². The highest BCUT2D eigenvalue weighted by Gasteiger charge is 2.23. The predicted molar refractivity (Wildman–Crippen MR) is 170 cm³/mol. The Morgan fingerprint density at radius 3 is 2.41 bits per heavy atom. The highest BCUT2D eigenvalue weighted by atomic mass is 16.6. The number of imidazole rings is 1. The highest BCUT2D eigenvalue weighted by Crippen LogP contribution is 2.36. The Labute approximate surface area is 262 Å². The van der Waals surface area contributed by atoms with E-state index in [9.17, 15) is 24.5 Å². The van der Waals surface area contributed by atoms with Crippen LogP contribution in [0.5, 0.6) is 11.5 Å². The molecular formula is C30H33N9O7. The van der Waals surface area contributed by atoms with Crippen molar-refractivity contribution in [3.63, 3.8) is 0 Å². The lowest BCUT2D eigenvalue weighted by molar-refractivity contribution is -0.384. The fourth-order valence-electron chi connectivity index (χ4n) is 4.69. The zero-order valence-corrected chi connectivity index (χ0v) is 25.4. The molecule has 16 heteroatoms. The number of nitrogens with one attached hydrogen (secondary N) is 2. The van der Waals surface area contributed by atoms with Crippen LogP contribution in [0.15, 0.2) is 55.1 Å². The summed E-state index contributed by atoms with van der Waals surface area (Å²) in [6.07, 6.45) is 4.88. The zero-order chi connectivity index (χ0) is 33.5. The van der Waals surface area contributed by atoms with Gasteiger partial charge < -0.3 is 30.8 Å². The molecule has 0 fully saturated rings. The number of nitro groups is 1. The number of carbonyl (C=O) groups excluding carboxylic acids is 3. The number of aromatic nitrogens is 4. The second kappa shape index (κ2) is 14.1. The molecule has 240 valence electrons. The first-order valence-corrected chi connectivity index (χ1v) is 14.0. The van der Waals surface area contributed by atoms with Crippen molar-refractivity contribution in [1.82, 2.24) is 19.3 Å². The lowest BCUT2D eigenvalue weighted by atomic mass is 10.1. The molecule has 0 saturated carbocycles. The number of nitrogens with zero attached hydrogens (tertiary/aromatic N) is 5. The molecule has 0 bridgehead atoms. The van der Waals surface area contributed by atoms with Crippen LogP contribution >= 0.6 is 0 Å². The van der Waals surface area contributed by atoms with Crippen molar-refractivity contribution in [2.45, 2.75) is 26.9 Å². The SMILES string of the molecule is C=CCOc1cc(C(N)=O)cc([N+](=O)[O-])c1NC/C=C/Cn1c(NC(=O)c2cc(C)nn2CC)nc2cc(C(N)=O)cc(OC)c21. The van der Waals surface area contributed by atoms with Crippen molar-refractivity contribution in [2.75, 3.05) is 30.9 Å². The van der Waals surface area contributed by atoms with E-state index in [1.165, 1.54) is 31.4 Å². The molecule has 16 nitrogen and oxygen atoms in total. The number of carbonyl (C=O) groups is 3. The number of ether oxygens (including phenoxy) is 2. The van der Waals surface area contributed by atoms with Crippen LogP contribution in [0.2, 0.25) is 0 Å². The van der Waals surface area contributed by atoms with Gasteiger partial charge in [-0.3, -0.25) is 34.5 Å². The third kappa shape index (κ3) is 6.96. The minimum atomic E-state index is -0.846. The quantitative estimate of drug-likeness (QED) is 0.0851.